The van der Waals surface area contributed by atoms with Crippen molar-refractivity contribution in [3.8, 4) is 11.8 Å². The van der Waals surface area contributed by atoms with Crippen LogP contribution in [0.15, 0.2) is 36.7 Å². The van der Waals surface area contributed by atoms with E-state index in [1.807, 2.05) is 30.6 Å². The molecule has 1 fully saturated rings. The van der Waals surface area contributed by atoms with Crippen molar-refractivity contribution < 1.29 is 4.74 Å². The van der Waals surface area contributed by atoms with Gasteiger partial charge in [0.25, 0.3) is 0 Å². The summed E-state index contributed by atoms with van der Waals surface area (Å²) in [4.78, 5) is 8.55. The number of hydrogen-bond acceptors (Lipinski definition) is 4. The van der Waals surface area contributed by atoms with Crippen molar-refractivity contribution in [2.24, 2.45) is 0 Å². The second kappa shape index (κ2) is 6.22. The molecule has 1 heterocycles. The van der Waals surface area contributed by atoms with Gasteiger partial charge in [0.05, 0.1) is 0 Å². The van der Waals surface area contributed by atoms with E-state index in [9.17, 15) is 0 Å². The third-order valence-corrected chi connectivity index (χ3v) is 3.59. The molecule has 4 heteroatoms. The van der Waals surface area contributed by atoms with Crippen LogP contribution in [0, 0.1) is 0 Å². The van der Waals surface area contributed by atoms with E-state index in [2.05, 4.69) is 35.2 Å². The van der Waals surface area contributed by atoms with E-state index in [1.165, 1.54) is 18.4 Å². The van der Waals surface area contributed by atoms with Crippen molar-refractivity contribution in [3.63, 3.8) is 0 Å². The Bertz CT molecular complexity index is 591. The molecular weight excluding hydrogens is 262 g/mol. The van der Waals surface area contributed by atoms with Gasteiger partial charge in [0.15, 0.2) is 0 Å². The number of benzene rings is 1. The van der Waals surface area contributed by atoms with Gasteiger partial charge in [-0.2, -0.15) is 0 Å². The molecule has 1 aliphatic carbocycles. The molecule has 1 aliphatic rings. The minimum atomic E-state index is 0.395. The topological polar surface area (TPSA) is 47.0 Å². The molecule has 3 rings (SSSR count). The molecule has 0 spiro atoms. The second-order valence-electron chi connectivity index (χ2n) is 5.86. The van der Waals surface area contributed by atoms with Gasteiger partial charge >= 0.3 is 6.01 Å². The highest BCUT2D eigenvalue weighted by molar-refractivity contribution is 5.32. The molecular formula is C17H21N3O. The minimum Gasteiger partial charge on any atom is -0.424 e. The minimum absolute atomic E-state index is 0.395. The molecule has 0 unspecified atom stereocenters. The van der Waals surface area contributed by atoms with Crippen LogP contribution in [0.5, 0.6) is 11.8 Å². The molecule has 0 saturated heterocycles. The molecule has 0 radical (unpaired) electrons. The number of rotatable bonds is 6. The molecule has 0 aliphatic heterocycles. The largest absolute Gasteiger partial charge is 0.424 e. The van der Waals surface area contributed by atoms with Crippen LogP contribution in [0.2, 0.25) is 0 Å². The van der Waals surface area contributed by atoms with Crippen molar-refractivity contribution in [1.29, 1.82) is 0 Å². The first-order valence-corrected chi connectivity index (χ1v) is 7.53. The first kappa shape index (κ1) is 14.0. The molecule has 1 aromatic carbocycles. The summed E-state index contributed by atoms with van der Waals surface area (Å²) in [5.41, 5.74) is 2.34. The highest BCUT2D eigenvalue weighted by atomic mass is 16.5. The Morgan fingerprint density at radius 1 is 1.24 bits per heavy atom. The normalized spacial score (nSPS) is 14.4. The van der Waals surface area contributed by atoms with Crippen LogP contribution in [0.25, 0.3) is 0 Å². The molecule has 1 aromatic heterocycles. The maximum absolute atomic E-state index is 5.72. The van der Waals surface area contributed by atoms with E-state index in [0.717, 1.165) is 17.9 Å². The van der Waals surface area contributed by atoms with Gasteiger partial charge in [-0.1, -0.05) is 26.0 Å². The Morgan fingerprint density at radius 3 is 2.67 bits per heavy atom. The lowest BCUT2D eigenvalue weighted by atomic mass is 10.0. The average molecular weight is 283 g/mol. The summed E-state index contributed by atoms with van der Waals surface area (Å²) in [6.45, 7) is 5.16. The lowest BCUT2D eigenvalue weighted by Crippen LogP contribution is -2.15. The quantitative estimate of drug-likeness (QED) is 0.879. The zero-order valence-electron chi connectivity index (χ0n) is 12.5. The van der Waals surface area contributed by atoms with Gasteiger partial charge in [0.2, 0.25) is 0 Å². The van der Waals surface area contributed by atoms with Crippen LogP contribution in [0.4, 0.5) is 0 Å². The van der Waals surface area contributed by atoms with Gasteiger partial charge in [-0.05, 0) is 36.5 Å². The lowest BCUT2D eigenvalue weighted by molar-refractivity contribution is 0.440. The number of ether oxygens (including phenoxy) is 1. The van der Waals surface area contributed by atoms with Gasteiger partial charge in [-0.25, -0.2) is 9.97 Å². The number of nitrogens with one attached hydrogen (secondary N) is 1. The predicted octanol–water partition coefficient (Wildman–Crippen LogP) is 3.64. The van der Waals surface area contributed by atoms with Crippen molar-refractivity contribution >= 4 is 0 Å². The van der Waals surface area contributed by atoms with Gasteiger partial charge in [-0.15, -0.1) is 0 Å². The Balaban J connectivity index is 1.62. The fourth-order valence-electron chi connectivity index (χ4n) is 2.08. The molecule has 0 amide bonds. The third kappa shape index (κ3) is 4.02. The van der Waals surface area contributed by atoms with Crippen molar-refractivity contribution in [2.75, 3.05) is 0 Å². The molecule has 1 saturated carbocycles. The van der Waals surface area contributed by atoms with Crippen LogP contribution >= 0.6 is 0 Å². The summed E-state index contributed by atoms with van der Waals surface area (Å²) in [5.74, 6) is 1.26. The third-order valence-electron chi connectivity index (χ3n) is 3.59. The van der Waals surface area contributed by atoms with E-state index >= 15 is 0 Å². The molecule has 2 aromatic rings. The molecule has 0 bridgehead atoms. The highest BCUT2D eigenvalue weighted by Gasteiger charge is 2.19. The van der Waals surface area contributed by atoms with Crippen LogP contribution in [0.1, 0.15) is 43.7 Å². The van der Waals surface area contributed by atoms with E-state index in [1.54, 1.807) is 0 Å². The van der Waals surface area contributed by atoms with Gasteiger partial charge in [0.1, 0.15) is 5.75 Å². The fraction of sp³-hybridized carbons (Fsp3) is 0.412. The van der Waals surface area contributed by atoms with E-state index in [0.29, 0.717) is 18.0 Å². The Kier molecular flexibility index (Phi) is 4.15. The zero-order chi connectivity index (χ0) is 14.7. The monoisotopic (exact) mass is 283 g/mol. The summed E-state index contributed by atoms with van der Waals surface area (Å²) in [7, 11) is 0. The molecule has 110 valence electrons. The summed E-state index contributed by atoms with van der Waals surface area (Å²) < 4.78 is 5.72. The Hall–Kier alpha value is -1.94. The van der Waals surface area contributed by atoms with Gasteiger partial charge in [-0.3, -0.25) is 0 Å². The van der Waals surface area contributed by atoms with Gasteiger partial charge in [0, 0.05) is 30.5 Å². The van der Waals surface area contributed by atoms with Gasteiger partial charge < -0.3 is 10.1 Å². The van der Waals surface area contributed by atoms with Crippen molar-refractivity contribution in [2.45, 2.75) is 45.2 Å². The number of aromatic nitrogens is 2. The van der Waals surface area contributed by atoms with Crippen LogP contribution in [-0.4, -0.2) is 16.0 Å². The lowest BCUT2D eigenvalue weighted by Gasteiger charge is -2.09. The Morgan fingerprint density at radius 2 is 2.00 bits per heavy atom. The van der Waals surface area contributed by atoms with Crippen LogP contribution in [-0.2, 0) is 6.54 Å². The fourth-order valence-corrected chi connectivity index (χ4v) is 2.08. The van der Waals surface area contributed by atoms with Crippen molar-refractivity contribution in [1.82, 2.24) is 15.3 Å². The van der Waals surface area contributed by atoms with Crippen LogP contribution in [0.3, 0.4) is 0 Å². The smallest absolute Gasteiger partial charge is 0.321 e. The molecule has 1 N–H and O–H groups in total. The first-order valence-electron chi connectivity index (χ1n) is 7.53. The van der Waals surface area contributed by atoms with E-state index in [4.69, 9.17) is 4.74 Å². The first-order chi connectivity index (χ1) is 10.2. The van der Waals surface area contributed by atoms with E-state index < -0.39 is 0 Å². The Labute approximate surface area is 125 Å². The number of nitrogens with zero attached hydrogens (tertiary/aromatic N) is 2. The summed E-state index contributed by atoms with van der Waals surface area (Å²) >= 11 is 0. The SMILES string of the molecule is CC(C)c1cccc(Oc2ncc(CNC3CC3)cn2)c1. The molecule has 0 atom stereocenters. The summed E-state index contributed by atoms with van der Waals surface area (Å²) in [6.07, 6.45) is 6.22. The maximum Gasteiger partial charge on any atom is 0.321 e. The summed E-state index contributed by atoms with van der Waals surface area (Å²) in [6, 6.07) is 9.16. The molecule has 21 heavy (non-hydrogen) atoms. The molecule has 4 nitrogen and oxygen atoms in total. The van der Waals surface area contributed by atoms with Crippen LogP contribution < -0.4 is 10.1 Å². The van der Waals surface area contributed by atoms with Crippen molar-refractivity contribution in [3.05, 3.63) is 47.8 Å². The summed E-state index contributed by atoms with van der Waals surface area (Å²) in [5, 5.41) is 3.44. The highest BCUT2D eigenvalue weighted by Crippen LogP contribution is 2.23. The standard InChI is InChI=1S/C17H21N3O/c1-12(2)14-4-3-5-16(8-14)21-17-19-10-13(11-20-17)9-18-15-6-7-15/h3-5,8,10-12,15,18H,6-7,9H2,1-2H3. The second-order valence-corrected chi connectivity index (χ2v) is 5.86. The average Bonchev–Trinajstić information content (AvgIpc) is 3.31. The zero-order valence-corrected chi connectivity index (χ0v) is 12.5. The van der Waals surface area contributed by atoms with E-state index in [-0.39, 0.29) is 0 Å². The number of hydrogen-bond donors (Lipinski definition) is 1. The predicted molar refractivity (Wildman–Crippen MR) is 82.5 cm³/mol. The maximum atomic E-state index is 5.72.